The number of thioether (sulfide) groups is 1. The summed E-state index contributed by atoms with van der Waals surface area (Å²) in [5.41, 5.74) is 2.65. The number of fused-ring (bicyclic) bond motifs is 1. The van der Waals surface area contributed by atoms with Gasteiger partial charge in [0.15, 0.2) is 5.16 Å². The number of carbonyl (C=O) groups excluding carboxylic acids is 1. The summed E-state index contributed by atoms with van der Waals surface area (Å²) in [6.07, 6.45) is 4.39. The van der Waals surface area contributed by atoms with E-state index in [-0.39, 0.29) is 5.91 Å². The van der Waals surface area contributed by atoms with Crippen molar-refractivity contribution in [2.45, 2.75) is 49.6 Å². The molecule has 0 aliphatic carbocycles. The fourth-order valence-corrected chi connectivity index (χ4v) is 4.75. The summed E-state index contributed by atoms with van der Waals surface area (Å²) in [6.45, 7) is 2.89. The Balaban J connectivity index is 1.64. The summed E-state index contributed by atoms with van der Waals surface area (Å²) in [5.74, 6) is 1.55. The van der Waals surface area contributed by atoms with Crippen LogP contribution in [0.4, 0.5) is 5.69 Å². The third-order valence-electron chi connectivity index (χ3n) is 5.25. The Hall–Kier alpha value is -2.80. The summed E-state index contributed by atoms with van der Waals surface area (Å²) >= 11 is 1.45. The van der Waals surface area contributed by atoms with Gasteiger partial charge in [0.1, 0.15) is 16.8 Å². The second kappa shape index (κ2) is 9.34. The number of amides is 1. The smallest absolute Gasteiger partial charge is 0.242 e. The molecule has 0 saturated carbocycles. The Labute approximate surface area is 181 Å². The Bertz CT molecular complexity index is 1020. The highest BCUT2D eigenvalue weighted by Gasteiger charge is 2.27. The summed E-state index contributed by atoms with van der Waals surface area (Å²) in [4.78, 5) is 13.4. The quantitative estimate of drug-likeness (QED) is 0.578. The molecule has 6 nitrogen and oxygen atoms in total. The van der Waals surface area contributed by atoms with E-state index in [9.17, 15) is 4.79 Å². The largest absolute Gasteiger partial charge is 0.495 e. The summed E-state index contributed by atoms with van der Waals surface area (Å²) in [5, 5.41) is 12.2. The van der Waals surface area contributed by atoms with Crippen molar-refractivity contribution in [2.24, 2.45) is 0 Å². The SMILES string of the molecule is COc1ccc(C)cc1NC(=O)[C@H](Sc1nnc2n1CCCCC2)c1ccccc1. The third kappa shape index (κ3) is 4.51. The van der Waals surface area contributed by atoms with Gasteiger partial charge in [0.05, 0.1) is 12.8 Å². The Kier molecular flexibility index (Phi) is 6.38. The van der Waals surface area contributed by atoms with Gasteiger partial charge in [-0.2, -0.15) is 0 Å². The van der Waals surface area contributed by atoms with E-state index >= 15 is 0 Å². The molecule has 4 rings (SSSR count). The number of anilines is 1. The van der Waals surface area contributed by atoms with Crippen LogP contribution in [0, 0.1) is 6.92 Å². The molecule has 0 fully saturated rings. The number of nitrogens with one attached hydrogen (secondary N) is 1. The lowest BCUT2D eigenvalue weighted by atomic mass is 10.1. The molecule has 0 radical (unpaired) electrons. The van der Waals surface area contributed by atoms with Crippen LogP contribution in [-0.4, -0.2) is 27.8 Å². The molecule has 7 heteroatoms. The van der Waals surface area contributed by atoms with Crippen LogP contribution in [0.3, 0.4) is 0 Å². The molecule has 3 aromatic rings. The Morgan fingerprint density at radius 1 is 1.13 bits per heavy atom. The van der Waals surface area contributed by atoms with Crippen molar-refractivity contribution in [1.82, 2.24) is 14.8 Å². The van der Waals surface area contributed by atoms with Gasteiger partial charge in [-0.25, -0.2) is 0 Å². The zero-order valence-corrected chi connectivity index (χ0v) is 18.1. The number of nitrogens with zero attached hydrogens (tertiary/aromatic N) is 3. The molecule has 156 valence electrons. The van der Waals surface area contributed by atoms with E-state index in [0.29, 0.717) is 11.4 Å². The van der Waals surface area contributed by atoms with E-state index in [2.05, 4.69) is 20.1 Å². The summed E-state index contributed by atoms with van der Waals surface area (Å²) < 4.78 is 7.61. The van der Waals surface area contributed by atoms with Crippen molar-refractivity contribution in [2.75, 3.05) is 12.4 Å². The first-order chi connectivity index (χ1) is 14.7. The molecule has 1 aliphatic heterocycles. The molecule has 1 amide bonds. The van der Waals surface area contributed by atoms with Crippen LogP contribution in [-0.2, 0) is 17.8 Å². The molecule has 2 heterocycles. The minimum atomic E-state index is -0.451. The van der Waals surface area contributed by atoms with Crippen molar-refractivity contribution in [3.63, 3.8) is 0 Å². The average molecular weight is 423 g/mol. The third-order valence-corrected chi connectivity index (χ3v) is 6.49. The number of carbonyl (C=O) groups is 1. The van der Waals surface area contributed by atoms with Gasteiger partial charge in [-0.05, 0) is 43.0 Å². The van der Waals surface area contributed by atoms with Crippen LogP contribution < -0.4 is 10.1 Å². The zero-order valence-electron chi connectivity index (χ0n) is 17.3. The van der Waals surface area contributed by atoms with Crippen LogP contribution in [0.2, 0.25) is 0 Å². The van der Waals surface area contributed by atoms with Crippen molar-refractivity contribution in [3.8, 4) is 5.75 Å². The van der Waals surface area contributed by atoms with Crippen LogP contribution in [0.1, 0.15) is 41.5 Å². The van der Waals surface area contributed by atoms with Gasteiger partial charge in [-0.3, -0.25) is 4.79 Å². The average Bonchev–Trinajstić information content (AvgIpc) is 2.98. The molecule has 0 saturated heterocycles. The topological polar surface area (TPSA) is 69.0 Å². The van der Waals surface area contributed by atoms with E-state index in [1.54, 1.807) is 7.11 Å². The van der Waals surface area contributed by atoms with E-state index in [4.69, 9.17) is 4.74 Å². The Morgan fingerprint density at radius 3 is 2.77 bits per heavy atom. The van der Waals surface area contributed by atoms with Crippen LogP contribution in [0.15, 0.2) is 53.7 Å². The van der Waals surface area contributed by atoms with Crippen LogP contribution >= 0.6 is 11.8 Å². The minimum Gasteiger partial charge on any atom is -0.495 e. The highest BCUT2D eigenvalue weighted by atomic mass is 32.2. The highest BCUT2D eigenvalue weighted by molar-refractivity contribution is 8.00. The van der Waals surface area contributed by atoms with Crippen molar-refractivity contribution in [3.05, 3.63) is 65.5 Å². The van der Waals surface area contributed by atoms with E-state index in [0.717, 1.165) is 47.9 Å². The second-order valence-electron chi connectivity index (χ2n) is 7.46. The van der Waals surface area contributed by atoms with Crippen LogP contribution in [0.25, 0.3) is 0 Å². The number of hydrogen-bond acceptors (Lipinski definition) is 5. The molecule has 2 aromatic carbocycles. The monoisotopic (exact) mass is 422 g/mol. The van der Waals surface area contributed by atoms with Gasteiger partial charge in [0, 0.05) is 13.0 Å². The lowest BCUT2D eigenvalue weighted by Crippen LogP contribution is -2.20. The van der Waals surface area contributed by atoms with E-state index in [1.807, 2.05) is 55.5 Å². The minimum absolute atomic E-state index is 0.110. The predicted octanol–water partition coefficient (Wildman–Crippen LogP) is 4.79. The predicted molar refractivity (Wildman–Crippen MR) is 119 cm³/mol. The number of benzene rings is 2. The van der Waals surface area contributed by atoms with Gasteiger partial charge >= 0.3 is 0 Å². The van der Waals surface area contributed by atoms with Crippen molar-refractivity contribution >= 4 is 23.4 Å². The van der Waals surface area contributed by atoms with Crippen molar-refractivity contribution in [1.29, 1.82) is 0 Å². The maximum atomic E-state index is 13.4. The first kappa shape index (κ1) is 20.5. The Morgan fingerprint density at radius 2 is 1.97 bits per heavy atom. The van der Waals surface area contributed by atoms with Crippen molar-refractivity contribution < 1.29 is 9.53 Å². The summed E-state index contributed by atoms with van der Waals surface area (Å²) in [6, 6.07) is 15.6. The molecule has 1 atom stereocenters. The number of aromatic nitrogens is 3. The second-order valence-corrected chi connectivity index (χ2v) is 8.53. The molecular weight excluding hydrogens is 396 g/mol. The summed E-state index contributed by atoms with van der Waals surface area (Å²) in [7, 11) is 1.61. The highest BCUT2D eigenvalue weighted by Crippen LogP contribution is 2.37. The van der Waals surface area contributed by atoms with Gasteiger partial charge in [-0.1, -0.05) is 54.6 Å². The first-order valence-electron chi connectivity index (χ1n) is 10.2. The number of methoxy groups -OCH3 is 1. The zero-order chi connectivity index (χ0) is 20.9. The lowest BCUT2D eigenvalue weighted by Gasteiger charge is -2.18. The number of rotatable bonds is 6. The number of ether oxygens (including phenoxy) is 1. The maximum absolute atomic E-state index is 13.4. The standard InChI is InChI=1S/C23H26N4O2S/c1-16-12-13-19(29-2)18(15-16)24-22(28)21(17-9-5-3-6-10-17)30-23-26-25-20-11-7-4-8-14-27(20)23/h3,5-6,9-10,12-13,15,21H,4,7-8,11,14H2,1-2H3,(H,24,28)/t21-/m1/s1. The molecule has 0 spiro atoms. The number of aryl methyl sites for hydroxylation is 2. The van der Waals surface area contributed by atoms with Gasteiger partial charge in [0.2, 0.25) is 5.91 Å². The lowest BCUT2D eigenvalue weighted by molar-refractivity contribution is -0.115. The molecule has 0 bridgehead atoms. The molecule has 30 heavy (non-hydrogen) atoms. The fourth-order valence-electron chi connectivity index (χ4n) is 3.67. The van der Waals surface area contributed by atoms with Crippen LogP contribution in [0.5, 0.6) is 5.75 Å². The van der Waals surface area contributed by atoms with Gasteiger partial charge < -0.3 is 14.6 Å². The van der Waals surface area contributed by atoms with E-state index < -0.39 is 5.25 Å². The fraction of sp³-hybridized carbons (Fsp3) is 0.348. The molecule has 1 aromatic heterocycles. The maximum Gasteiger partial charge on any atom is 0.242 e. The number of hydrogen-bond donors (Lipinski definition) is 1. The van der Waals surface area contributed by atoms with Gasteiger partial charge in [-0.15, -0.1) is 10.2 Å². The molecule has 0 unspecified atom stereocenters. The molecule has 1 aliphatic rings. The van der Waals surface area contributed by atoms with E-state index in [1.165, 1.54) is 18.2 Å². The molecular formula is C23H26N4O2S. The normalized spacial score (nSPS) is 14.5. The molecule has 1 N–H and O–H groups in total. The first-order valence-corrected chi connectivity index (χ1v) is 11.1. The van der Waals surface area contributed by atoms with Gasteiger partial charge in [0.25, 0.3) is 0 Å².